The Morgan fingerprint density at radius 2 is 2.20 bits per heavy atom. The molecule has 0 aliphatic carbocycles. The van der Waals surface area contributed by atoms with Crippen LogP contribution >= 0.6 is 0 Å². The highest BCUT2D eigenvalue weighted by Crippen LogP contribution is 2.17. The van der Waals surface area contributed by atoms with E-state index in [1.807, 2.05) is 12.1 Å². The summed E-state index contributed by atoms with van der Waals surface area (Å²) in [6.45, 7) is 5.00. The number of carbonyl (C=O) groups excluding carboxylic acids is 1. The van der Waals surface area contributed by atoms with E-state index in [1.54, 1.807) is 24.3 Å². The van der Waals surface area contributed by atoms with Gasteiger partial charge in [0.15, 0.2) is 0 Å². The molecule has 1 aromatic carbocycles. The van der Waals surface area contributed by atoms with Crippen LogP contribution in [0.5, 0.6) is 0 Å². The van der Waals surface area contributed by atoms with Crippen molar-refractivity contribution in [2.75, 3.05) is 32.8 Å². The van der Waals surface area contributed by atoms with Gasteiger partial charge >= 0.3 is 0 Å². The van der Waals surface area contributed by atoms with Crippen LogP contribution in [0.3, 0.4) is 0 Å². The van der Waals surface area contributed by atoms with Crippen molar-refractivity contribution < 1.29 is 9.53 Å². The van der Waals surface area contributed by atoms with Crippen LogP contribution in [0.15, 0.2) is 30.3 Å². The Hall–Kier alpha value is -2.16. The highest BCUT2D eigenvalue weighted by Gasteiger charge is 2.24. The number of nitrogens with zero attached hydrogens (tertiary/aromatic N) is 2. The number of nitriles is 1. The molecule has 1 amide bonds. The van der Waals surface area contributed by atoms with Gasteiger partial charge in [0.05, 0.1) is 18.2 Å². The molecular weight excluding hydrogens is 314 g/mol. The Balaban J connectivity index is 1.41. The Labute approximate surface area is 149 Å². The second-order valence-electron chi connectivity index (χ2n) is 6.88. The van der Waals surface area contributed by atoms with E-state index >= 15 is 0 Å². The zero-order valence-electron chi connectivity index (χ0n) is 14.5. The maximum absolute atomic E-state index is 12.1. The van der Waals surface area contributed by atoms with E-state index in [-0.39, 0.29) is 11.9 Å². The summed E-state index contributed by atoms with van der Waals surface area (Å²) < 4.78 is 5.44. The quantitative estimate of drug-likeness (QED) is 0.835. The molecule has 1 N–H and O–H groups in total. The fourth-order valence-electron chi connectivity index (χ4n) is 3.49. The van der Waals surface area contributed by atoms with Gasteiger partial charge in [-0.3, -0.25) is 4.79 Å². The molecule has 0 saturated carbocycles. The summed E-state index contributed by atoms with van der Waals surface area (Å²) in [5, 5.41) is 12.0. The van der Waals surface area contributed by atoms with Crippen LogP contribution in [0.1, 0.15) is 30.4 Å². The fourth-order valence-corrected chi connectivity index (χ4v) is 3.49. The van der Waals surface area contributed by atoms with Crippen LogP contribution in [0.25, 0.3) is 6.08 Å². The average Bonchev–Trinajstić information content (AvgIpc) is 3.15. The van der Waals surface area contributed by atoms with Gasteiger partial charge in [-0.15, -0.1) is 0 Å². The van der Waals surface area contributed by atoms with Crippen LogP contribution < -0.4 is 5.32 Å². The minimum atomic E-state index is -0.0648. The van der Waals surface area contributed by atoms with Gasteiger partial charge < -0.3 is 15.0 Å². The molecule has 2 fully saturated rings. The molecular formula is C20H25N3O2. The van der Waals surface area contributed by atoms with Crippen molar-refractivity contribution in [3.63, 3.8) is 0 Å². The van der Waals surface area contributed by atoms with E-state index in [2.05, 4.69) is 16.3 Å². The molecule has 0 bridgehead atoms. The monoisotopic (exact) mass is 339 g/mol. The van der Waals surface area contributed by atoms with E-state index in [4.69, 9.17) is 10.00 Å². The lowest BCUT2D eigenvalue weighted by molar-refractivity contribution is -0.117. The van der Waals surface area contributed by atoms with Gasteiger partial charge in [0, 0.05) is 38.4 Å². The molecule has 0 unspecified atom stereocenters. The summed E-state index contributed by atoms with van der Waals surface area (Å²) in [6, 6.07) is 9.58. The first-order chi connectivity index (χ1) is 12.2. The second-order valence-corrected chi connectivity index (χ2v) is 6.88. The van der Waals surface area contributed by atoms with Gasteiger partial charge in [-0.2, -0.15) is 5.26 Å². The Kier molecular flexibility index (Phi) is 6.21. The normalized spacial score (nSPS) is 22.1. The van der Waals surface area contributed by atoms with Crippen LogP contribution in [0.4, 0.5) is 0 Å². The van der Waals surface area contributed by atoms with Gasteiger partial charge in [0.1, 0.15) is 0 Å². The molecule has 2 heterocycles. The molecule has 0 spiro atoms. The van der Waals surface area contributed by atoms with E-state index < -0.39 is 0 Å². The van der Waals surface area contributed by atoms with Gasteiger partial charge in [-0.1, -0.05) is 12.1 Å². The smallest absolute Gasteiger partial charge is 0.244 e. The summed E-state index contributed by atoms with van der Waals surface area (Å²) in [4.78, 5) is 14.6. The lowest BCUT2D eigenvalue weighted by atomic mass is 10.0. The maximum atomic E-state index is 12.1. The van der Waals surface area contributed by atoms with E-state index in [0.717, 1.165) is 51.3 Å². The number of carbonyl (C=O) groups is 1. The number of hydrogen-bond donors (Lipinski definition) is 1. The third kappa shape index (κ3) is 5.42. The molecule has 25 heavy (non-hydrogen) atoms. The first kappa shape index (κ1) is 17.7. The third-order valence-electron chi connectivity index (χ3n) is 4.92. The van der Waals surface area contributed by atoms with Crippen molar-refractivity contribution in [2.45, 2.75) is 25.3 Å². The largest absolute Gasteiger partial charge is 0.381 e. The molecule has 132 valence electrons. The van der Waals surface area contributed by atoms with Gasteiger partial charge in [0.2, 0.25) is 5.91 Å². The summed E-state index contributed by atoms with van der Waals surface area (Å²) >= 11 is 0. The molecule has 1 aromatic rings. The number of amides is 1. The predicted octanol–water partition coefficient (Wildman–Crippen LogP) is 2.19. The third-order valence-corrected chi connectivity index (χ3v) is 4.92. The van der Waals surface area contributed by atoms with Crippen molar-refractivity contribution in [2.24, 2.45) is 5.92 Å². The molecule has 1 atom stereocenters. The van der Waals surface area contributed by atoms with Gasteiger partial charge in [-0.25, -0.2) is 0 Å². The Morgan fingerprint density at radius 1 is 1.36 bits per heavy atom. The highest BCUT2D eigenvalue weighted by molar-refractivity contribution is 5.91. The lowest BCUT2D eigenvalue weighted by Crippen LogP contribution is -2.45. The maximum Gasteiger partial charge on any atom is 0.244 e. The summed E-state index contributed by atoms with van der Waals surface area (Å²) in [7, 11) is 0. The number of ether oxygens (including phenoxy) is 1. The second kappa shape index (κ2) is 8.80. The number of piperidine rings is 1. The van der Waals surface area contributed by atoms with Crippen LogP contribution in [0, 0.1) is 17.2 Å². The van der Waals surface area contributed by atoms with Crippen LogP contribution in [0.2, 0.25) is 0 Å². The van der Waals surface area contributed by atoms with Gasteiger partial charge in [0.25, 0.3) is 0 Å². The first-order valence-electron chi connectivity index (χ1n) is 9.02. The van der Waals surface area contributed by atoms with Crippen molar-refractivity contribution in [3.05, 3.63) is 41.5 Å². The first-order valence-corrected chi connectivity index (χ1v) is 9.02. The number of benzene rings is 1. The standard InChI is InChI=1S/C20H25N3O2/c21-13-17-3-1-2-16(12-17)4-5-20(24)22-19-6-9-23(10-7-19)14-18-8-11-25-15-18/h1-5,12,18-19H,6-11,14-15H2,(H,22,24)/b5-4+/t18-/m1/s1. The highest BCUT2D eigenvalue weighted by atomic mass is 16.5. The molecule has 3 rings (SSSR count). The zero-order chi connectivity index (χ0) is 17.5. The summed E-state index contributed by atoms with van der Waals surface area (Å²) in [5.74, 6) is 0.614. The number of nitrogens with one attached hydrogen (secondary N) is 1. The minimum absolute atomic E-state index is 0.0648. The number of hydrogen-bond acceptors (Lipinski definition) is 4. The minimum Gasteiger partial charge on any atom is -0.381 e. The Bertz CT molecular complexity index is 651. The van der Waals surface area contributed by atoms with Crippen LogP contribution in [-0.4, -0.2) is 49.7 Å². The van der Waals surface area contributed by atoms with E-state index in [1.165, 1.54) is 6.42 Å². The summed E-state index contributed by atoms with van der Waals surface area (Å²) in [5.41, 5.74) is 1.46. The van der Waals surface area contributed by atoms with Crippen LogP contribution in [-0.2, 0) is 9.53 Å². The van der Waals surface area contributed by atoms with E-state index in [0.29, 0.717) is 11.5 Å². The molecule has 2 aliphatic rings. The molecule has 0 radical (unpaired) electrons. The fraction of sp³-hybridized carbons (Fsp3) is 0.500. The predicted molar refractivity (Wildman–Crippen MR) is 96.7 cm³/mol. The molecule has 2 saturated heterocycles. The van der Waals surface area contributed by atoms with Crippen molar-refractivity contribution in [1.82, 2.24) is 10.2 Å². The van der Waals surface area contributed by atoms with Crippen molar-refractivity contribution in [3.8, 4) is 6.07 Å². The number of likely N-dealkylation sites (tertiary alicyclic amines) is 1. The molecule has 5 nitrogen and oxygen atoms in total. The molecule has 5 heteroatoms. The topological polar surface area (TPSA) is 65.4 Å². The van der Waals surface area contributed by atoms with Crippen molar-refractivity contribution in [1.29, 1.82) is 5.26 Å². The van der Waals surface area contributed by atoms with Crippen molar-refractivity contribution >= 4 is 12.0 Å². The zero-order valence-corrected chi connectivity index (χ0v) is 14.5. The number of rotatable bonds is 5. The Morgan fingerprint density at radius 3 is 2.92 bits per heavy atom. The van der Waals surface area contributed by atoms with E-state index in [9.17, 15) is 4.79 Å². The summed E-state index contributed by atoms with van der Waals surface area (Å²) in [6.07, 6.45) is 6.48. The lowest BCUT2D eigenvalue weighted by Gasteiger charge is -2.33. The SMILES string of the molecule is N#Cc1cccc(/C=C/C(=O)NC2CCN(C[C@H]3CCOC3)CC2)c1. The average molecular weight is 339 g/mol. The molecule has 2 aliphatic heterocycles. The molecule has 0 aromatic heterocycles. The van der Waals surface area contributed by atoms with Gasteiger partial charge in [-0.05, 0) is 49.0 Å².